The molecule has 2 atom stereocenters. The lowest BCUT2D eigenvalue weighted by Gasteiger charge is -2.37. The summed E-state index contributed by atoms with van der Waals surface area (Å²) in [6.45, 7) is -0.493. The SMILES string of the molecule is C.N[C@@H](Cc1ccccc1)C(=O)OCN(C(=S)Nc1cccc2cccnc12)C(NC(=O)/C=C/c1ccccc1)C(Cl)(Cl)Cl. The second-order valence-corrected chi connectivity index (χ2v) is 12.1. The minimum atomic E-state index is -2.11. The molecule has 3 aromatic carbocycles. The Hall–Kier alpha value is -3.73. The maximum absolute atomic E-state index is 13.0. The van der Waals surface area contributed by atoms with Gasteiger partial charge in [-0.2, -0.15) is 0 Å². The minimum absolute atomic E-state index is 0. The Morgan fingerprint density at radius 3 is 2.32 bits per heavy atom. The number of amides is 1. The molecule has 1 amide bonds. The molecule has 0 radical (unpaired) electrons. The number of rotatable bonds is 10. The molecule has 1 aromatic heterocycles. The molecule has 44 heavy (non-hydrogen) atoms. The Morgan fingerprint density at radius 1 is 0.977 bits per heavy atom. The predicted octanol–water partition coefficient (Wildman–Crippen LogP) is 6.47. The van der Waals surface area contributed by atoms with Crippen LogP contribution in [0.1, 0.15) is 18.6 Å². The molecule has 4 N–H and O–H groups in total. The topological polar surface area (TPSA) is 110 Å². The van der Waals surface area contributed by atoms with Crippen LogP contribution in [0.5, 0.6) is 0 Å². The van der Waals surface area contributed by atoms with E-state index in [2.05, 4.69) is 15.6 Å². The normalized spacial score (nSPS) is 12.5. The lowest BCUT2D eigenvalue weighted by Crippen LogP contribution is -2.59. The highest BCUT2D eigenvalue weighted by molar-refractivity contribution is 7.80. The molecular formula is C32H32Cl3N5O3S. The summed E-state index contributed by atoms with van der Waals surface area (Å²) >= 11 is 24.8. The molecule has 12 heteroatoms. The van der Waals surface area contributed by atoms with Gasteiger partial charge in [0.05, 0.1) is 11.2 Å². The molecule has 0 saturated heterocycles. The number of benzene rings is 3. The number of pyridine rings is 1. The number of esters is 1. The summed E-state index contributed by atoms with van der Waals surface area (Å²) in [6, 6.07) is 26.7. The zero-order valence-electron chi connectivity index (χ0n) is 22.7. The molecule has 0 fully saturated rings. The molecule has 1 heterocycles. The lowest BCUT2D eigenvalue weighted by atomic mass is 10.1. The van der Waals surface area contributed by atoms with Crippen LogP contribution in [0.4, 0.5) is 5.69 Å². The number of nitrogens with zero attached hydrogens (tertiary/aromatic N) is 2. The van der Waals surface area contributed by atoms with Crippen LogP contribution in [-0.2, 0) is 20.7 Å². The van der Waals surface area contributed by atoms with Crippen LogP contribution in [0, 0.1) is 0 Å². The van der Waals surface area contributed by atoms with Gasteiger partial charge in [-0.25, -0.2) is 0 Å². The largest absolute Gasteiger partial charge is 0.443 e. The number of alkyl halides is 3. The first-order valence-electron chi connectivity index (χ1n) is 13.1. The van der Waals surface area contributed by atoms with E-state index in [1.165, 1.54) is 11.0 Å². The van der Waals surface area contributed by atoms with Gasteiger partial charge in [0.25, 0.3) is 0 Å². The van der Waals surface area contributed by atoms with Crippen molar-refractivity contribution in [3.63, 3.8) is 0 Å². The fourth-order valence-electron chi connectivity index (χ4n) is 4.09. The van der Waals surface area contributed by atoms with Gasteiger partial charge in [0.1, 0.15) is 6.04 Å². The number of anilines is 1. The monoisotopic (exact) mass is 671 g/mol. The highest BCUT2D eigenvalue weighted by Gasteiger charge is 2.40. The number of thiocarbonyl (C=S) groups is 1. The van der Waals surface area contributed by atoms with Crippen molar-refractivity contribution in [3.8, 4) is 0 Å². The van der Waals surface area contributed by atoms with Crippen LogP contribution >= 0.6 is 47.0 Å². The molecule has 8 nitrogen and oxygen atoms in total. The minimum Gasteiger partial charge on any atom is -0.443 e. The summed E-state index contributed by atoms with van der Waals surface area (Å²) < 4.78 is 3.43. The molecule has 0 aliphatic heterocycles. The lowest BCUT2D eigenvalue weighted by molar-refractivity contribution is -0.149. The molecule has 230 valence electrons. The van der Waals surface area contributed by atoms with Crippen molar-refractivity contribution >= 4 is 86.7 Å². The number of nitrogens with two attached hydrogens (primary N) is 1. The number of para-hydroxylation sites is 1. The van der Waals surface area contributed by atoms with Gasteiger partial charge in [-0.3, -0.25) is 19.5 Å². The summed E-state index contributed by atoms with van der Waals surface area (Å²) in [5.41, 5.74) is 8.97. The van der Waals surface area contributed by atoms with Crippen molar-refractivity contribution in [2.24, 2.45) is 5.73 Å². The van der Waals surface area contributed by atoms with E-state index >= 15 is 0 Å². The number of carbonyl (C=O) groups excluding carboxylic acids is 2. The zero-order valence-corrected chi connectivity index (χ0v) is 25.8. The van der Waals surface area contributed by atoms with Gasteiger partial charge in [-0.15, -0.1) is 0 Å². The van der Waals surface area contributed by atoms with Crippen molar-refractivity contribution in [1.29, 1.82) is 0 Å². The smallest absolute Gasteiger partial charge is 0.324 e. The highest BCUT2D eigenvalue weighted by Crippen LogP contribution is 2.33. The number of aromatic nitrogens is 1. The Bertz CT molecular complexity index is 1580. The summed E-state index contributed by atoms with van der Waals surface area (Å²) in [5, 5.41) is 6.60. The number of hydrogen-bond donors (Lipinski definition) is 3. The first kappa shape index (κ1) is 34.8. The Balaban J connectivity index is 0.00000529. The van der Waals surface area contributed by atoms with Crippen molar-refractivity contribution in [3.05, 3.63) is 114 Å². The first-order valence-corrected chi connectivity index (χ1v) is 14.6. The summed E-state index contributed by atoms with van der Waals surface area (Å²) in [4.78, 5) is 31.6. The van der Waals surface area contributed by atoms with E-state index in [1.807, 2.05) is 84.9 Å². The number of carbonyl (C=O) groups is 2. The van der Waals surface area contributed by atoms with Crippen molar-refractivity contribution in [1.82, 2.24) is 15.2 Å². The van der Waals surface area contributed by atoms with Crippen molar-refractivity contribution < 1.29 is 14.3 Å². The summed E-state index contributed by atoms with van der Waals surface area (Å²) in [5.74, 6) is -1.28. The van der Waals surface area contributed by atoms with Crippen LogP contribution in [-0.4, -0.2) is 49.6 Å². The van der Waals surface area contributed by atoms with Crippen LogP contribution in [0.2, 0.25) is 0 Å². The summed E-state index contributed by atoms with van der Waals surface area (Å²) in [6.07, 6.45) is 3.43. The number of nitrogens with one attached hydrogen (secondary N) is 2. The van der Waals surface area contributed by atoms with Gasteiger partial charge >= 0.3 is 5.97 Å². The van der Waals surface area contributed by atoms with E-state index in [-0.39, 0.29) is 19.0 Å². The molecule has 4 rings (SSSR count). The third kappa shape index (κ3) is 9.90. The second kappa shape index (κ2) is 16.4. The highest BCUT2D eigenvalue weighted by atomic mass is 35.6. The van der Waals surface area contributed by atoms with Crippen molar-refractivity contribution in [2.75, 3.05) is 12.0 Å². The molecule has 0 spiro atoms. The van der Waals surface area contributed by atoms with E-state index in [4.69, 9.17) is 57.5 Å². The van der Waals surface area contributed by atoms with E-state index < -0.39 is 34.6 Å². The quantitative estimate of drug-likeness (QED) is 0.0579. The van der Waals surface area contributed by atoms with E-state index in [9.17, 15) is 9.59 Å². The fourth-order valence-corrected chi connectivity index (χ4v) is 4.87. The number of hydrogen-bond acceptors (Lipinski definition) is 6. The molecule has 1 unspecified atom stereocenters. The maximum atomic E-state index is 13.0. The van der Waals surface area contributed by atoms with Crippen LogP contribution < -0.4 is 16.4 Å². The first-order chi connectivity index (χ1) is 20.6. The van der Waals surface area contributed by atoms with Crippen LogP contribution in [0.3, 0.4) is 0 Å². The molecule has 0 aliphatic rings. The number of ether oxygens (including phenoxy) is 1. The van der Waals surface area contributed by atoms with Crippen LogP contribution in [0.25, 0.3) is 17.0 Å². The van der Waals surface area contributed by atoms with Crippen molar-refractivity contribution in [2.45, 2.75) is 29.8 Å². The van der Waals surface area contributed by atoms with Crippen LogP contribution in [0.15, 0.2) is 103 Å². The fraction of sp³-hybridized carbons (Fsp3) is 0.188. The molecule has 0 bridgehead atoms. The van der Waals surface area contributed by atoms with Gasteiger partial charge < -0.3 is 21.1 Å². The van der Waals surface area contributed by atoms with Gasteiger partial charge in [0.15, 0.2) is 18.0 Å². The number of halogens is 3. The average Bonchev–Trinajstić information content (AvgIpc) is 3.00. The van der Waals surface area contributed by atoms with E-state index in [0.29, 0.717) is 11.2 Å². The summed E-state index contributed by atoms with van der Waals surface area (Å²) in [7, 11) is 0. The third-order valence-corrected chi connectivity index (χ3v) is 7.17. The molecule has 0 aliphatic carbocycles. The predicted molar refractivity (Wildman–Crippen MR) is 183 cm³/mol. The van der Waals surface area contributed by atoms with E-state index in [0.717, 1.165) is 16.5 Å². The van der Waals surface area contributed by atoms with Gasteiger partial charge in [0, 0.05) is 17.7 Å². The second-order valence-electron chi connectivity index (χ2n) is 9.37. The van der Waals surface area contributed by atoms with Gasteiger partial charge in [-0.05, 0) is 48.0 Å². The average molecular weight is 673 g/mol. The molecule has 4 aromatic rings. The maximum Gasteiger partial charge on any atom is 0.324 e. The Morgan fingerprint density at radius 2 is 1.64 bits per heavy atom. The Labute approximate surface area is 277 Å². The standard InChI is InChI=1S/C31H28Cl3N5O3S.CH4/c32-31(33,34)29(38-26(40)17-16-21-9-3-1-4-10-21)39(20-42-28(41)24(35)19-22-11-5-2-6-12-22)30(43)37-25-15-7-13-23-14-8-18-36-27(23)25;/h1-18,24,29H,19-20,35H2,(H,37,43)(H,38,40);1H4/b17-16+;/t24-,29?;/m0./s1. The van der Waals surface area contributed by atoms with Gasteiger partial charge in [0.2, 0.25) is 9.70 Å². The number of fused-ring (bicyclic) bond motifs is 1. The Kier molecular flexibility index (Phi) is 12.9. The molecular weight excluding hydrogens is 641 g/mol. The van der Waals surface area contributed by atoms with E-state index in [1.54, 1.807) is 18.3 Å². The zero-order chi connectivity index (χ0) is 30.8. The van der Waals surface area contributed by atoms with Gasteiger partial charge in [-0.1, -0.05) is 121 Å². The molecule has 0 saturated carbocycles. The third-order valence-electron chi connectivity index (χ3n) is 6.21.